The van der Waals surface area contributed by atoms with Gasteiger partial charge in [-0.25, -0.2) is 8.78 Å². The maximum Gasteiger partial charge on any atom is 0.184 e. The monoisotopic (exact) mass is 324 g/mol. The summed E-state index contributed by atoms with van der Waals surface area (Å²) in [6, 6.07) is 6.05. The average molecular weight is 325 g/mol. The molecule has 0 spiro atoms. The molecule has 0 aliphatic rings. The van der Waals surface area contributed by atoms with E-state index in [9.17, 15) is 8.78 Å². The highest BCUT2D eigenvalue weighted by Crippen LogP contribution is 2.37. The van der Waals surface area contributed by atoms with E-state index in [0.29, 0.717) is 10.7 Å². The van der Waals surface area contributed by atoms with E-state index in [-0.39, 0.29) is 23.7 Å². The maximum atomic E-state index is 14.0. The number of ether oxygens (including phenoxy) is 1. The van der Waals surface area contributed by atoms with E-state index in [2.05, 4.69) is 11.9 Å². The number of halogens is 3. The first-order valence-corrected chi connectivity index (χ1v) is 6.86. The van der Waals surface area contributed by atoms with E-state index in [4.69, 9.17) is 22.1 Å². The molecular formula is C16H15ClF2N2O. The van der Waals surface area contributed by atoms with Crippen molar-refractivity contribution in [1.82, 2.24) is 0 Å². The van der Waals surface area contributed by atoms with Gasteiger partial charge in [-0.1, -0.05) is 30.3 Å². The van der Waals surface area contributed by atoms with Gasteiger partial charge in [0.2, 0.25) is 0 Å². The van der Waals surface area contributed by atoms with Gasteiger partial charge < -0.3 is 15.8 Å². The number of nitrogen functional groups attached to an aromatic ring is 1. The minimum atomic E-state index is -1.10. The molecule has 6 heteroatoms. The van der Waals surface area contributed by atoms with Crippen molar-refractivity contribution in [2.24, 2.45) is 0 Å². The first-order chi connectivity index (χ1) is 10.4. The number of hydrogen-bond donors (Lipinski definition) is 2. The molecule has 0 radical (unpaired) electrons. The summed E-state index contributed by atoms with van der Waals surface area (Å²) in [7, 11) is 0. The van der Waals surface area contributed by atoms with Crippen LogP contribution >= 0.6 is 11.6 Å². The Labute approximate surface area is 132 Å². The largest absolute Gasteiger partial charge is 0.487 e. The Hall–Kier alpha value is -2.27. The highest BCUT2D eigenvalue weighted by Gasteiger charge is 2.18. The highest BCUT2D eigenvalue weighted by atomic mass is 35.5. The SMILES string of the molecule is C=CCOc1cc(F)c(F)c(Nc2ccc(C)cc2Cl)c1N. The first-order valence-electron chi connectivity index (χ1n) is 6.48. The molecule has 0 amide bonds. The summed E-state index contributed by atoms with van der Waals surface area (Å²) in [5, 5.41) is 3.09. The van der Waals surface area contributed by atoms with E-state index >= 15 is 0 Å². The molecular weight excluding hydrogens is 310 g/mol. The molecule has 22 heavy (non-hydrogen) atoms. The van der Waals surface area contributed by atoms with Crippen LogP contribution in [-0.2, 0) is 0 Å². The number of aryl methyl sites for hydroxylation is 1. The van der Waals surface area contributed by atoms with Gasteiger partial charge in [-0.15, -0.1) is 0 Å². The van der Waals surface area contributed by atoms with Crippen molar-refractivity contribution < 1.29 is 13.5 Å². The molecule has 2 aromatic rings. The Balaban J connectivity index is 2.44. The van der Waals surface area contributed by atoms with Gasteiger partial charge >= 0.3 is 0 Å². The molecule has 0 bridgehead atoms. The minimum Gasteiger partial charge on any atom is -0.487 e. The first kappa shape index (κ1) is 16.1. The molecule has 0 fully saturated rings. The van der Waals surface area contributed by atoms with Crippen LogP contribution in [0.2, 0.25) is 5.02 Å². The molecule has 0 aliphatic heterocycles. The van der Waals surface area contributed by atoms with Crippen LogP contribution in [0.25, 0.3) is 0 Å². The average Bonchev–Trinajstić information content (AvgIpc) is 2.48. The standard InChI is InChI=1S/C16H15ClF2N2O/c1-3-6-22-13-8-11(18)14(19)16(15(13)20)21-12-5-4-9(2)7-10(12)17/h3-5,7-8,21H,1,6,20H2,2H3. The molecule has 2 rings (SSSR count). The van der Waals surface area contributed by atoms with Crippen LogP contribution in [0.5, 0.6) is 5.75 Å². The third kappa shape index (κ3) is 3.31. The summed E-state index contributed by atoms with van der Waals surface area (Å²) in [4.78, 5) is 0. The molecule has 2 aromatic carbocycles. The lowest BCUT2D eigenvalue weighted by atomic mass is 10.2. The van der Waals surface area contributed by atoms with Gasteiger partial charge in [-0.2, -0.15) is 0 Å². The number of anilines is 3. The molecule has 116 valence electrons. The summed E-state index contributed by atoms with van der Waals surface area (Å²) in [6.45, 7) is 5.48. The van der Waals surface area contributed by atoms with Crippen LogP contribution in [0.1, 0.15) is 5.56 Å². The van der Waals surface area contributed by atoms with E-state index in [0.717, 1.165) is 11.6 Å². The number of rotatable bonds is 5. The summed E-state index contributed by atoms with van der Waals surface area (Å²) < 4.78 is 33.0. The van der Waals surface area contributed by atoms with Gasteiger partial charge in [0.25, 0.3) is 0 Å². The summed E-state index contributed by atoms with van der Waals surface area (Å²) in [5.41, 5.74) is 6.95. The molecule has 3 nitrogen and oxygen atoms in total. The lowest BCUT2D eigenvalue weighted by Gasteiger charge is -2.16. The van der Waals surface area contributed by atoms with E-state index < -0.39 is 11.6 Å². The predicted octanol–water partition coefficient (Wildman–Crippen LogP) is 4.82. The van der Waals surface area contributed by atoms with Crippen molar-refractivity contribution in [3.63, 3.8) is 0 Å². The number of nitrogens with two attached hydrogens (primary N) is 1. The van der Waals surface area contributed by atoms with Crippen LogP contribution in [0.4, 0.5) is 25.8 Å². The Morgan fingerprint density at radius 2 is 2.09 bits per heavy atom. The Kier molecular flexibility index (Phi) is 4.88. The quantitative estimate of drug-likeness (QED) is 0.612. The lowest BCUT2D eigenvalue weighted by Crippen LogP contribution is -2.06. The molecule has 0 heterocycles. The fourth-order valence-electron chi connectivity index (χ4n) is 1.86. The van der Waals surface area contributed by atoms with Crippen LogP contribution in [0.3, 0.4) is 0 Å². The van der Waals surface area contributed by atoms with Crippen molar-refractivity contribution in [3.8, 4) is 5.75 Å². The van der Waals surface area contributed by atoms with Crippen LogP contribution in [-0.4, -0.2) is 6.61 Å². The number of hydrogen-bond acceptors (Lipinski definition) is 3. The smallest absolute Gasteiger partial charge is 0.184 e. The molecule has 3 N–H and O–H groups in total. The summed E-state index contributed by atoms with van der Waals surface area (Å²) in [6.07, 6.45) is 1.48. The molecule has 0 aromatic heterocycles. The Bertz CT molecular complexity index is 720. The fourth-order valence-corrected chi connectivity index (χ4v) is 2.15. The van der Waals surface area contributed by atoms with Crippen molar-refractivity contribution in [1.29, 1.82) is 0 Å². The van der Waals surface area contributed by atoms with E-state index in [1.807, 2.05) is 6.92 Å². The zero-order valence-corrected chi connectivity index (χ0v) is 12.7. The van der Waals surface area contributed by atoms with Crippen molar-refractivity contribution in [3.05, 3.63) is 59.1 Å². The van der Waals surface area contributed by atoms with Gasteiger partial charge in [0.1, 0.15) is 23.7 Å². The third-order valence-corrected chi connectivity index (χ3v) is 3.28. The third-order valence-electron chi connectivity index (χ3n) is 2.96. The molecule has 0 unspecified atom stereocenters. The number of nitrogens with one attached hydrogen (secondary N) is 1. The maximum absolute atomic E-state index is 14.0. The second kappa shape index (κ2) is 6.66. The second-order valence-corrected chi connectivity index (χ2v) is 5.07. The van der Waals surface area contributed by atoms with Crippen molar-refractivity contribution in [2.45, 2.75) is 6.92 Å². The van der Waals surface area contributed by atoms with E-state index in [1.165, 1.54) is 6.08 Å². The second-order valence-electron chi connectivity index (χ2n) is 4.67. The van der Waals surface area contributed by atoms with Gasteiger partial charge in [0.15, 0.2) is 11.6 Å². The zero-order chi connectivity index (χ0) is 16.3. The van der Waals surface area contributed by atoms with Gasteiger partial charge in [0.05, 0.1) is 10.7 Å². The van der Waals surface area contributed by atoms with Gasteiger partial charge in [-0.3, -0.25) is 0 Å². The minimum absolute atomic E-state index is 0.0320. The van der Waals surface area contributed by atoms with E-state index in [1.54, 1.807) is 18.2 Å². The van der Waals surface area contributed by atoms with Crippen LogP contribution in [0.15, 0.2) is 36.9 Å². The van der Waals surface area contributed by atoms with Gasteiger partial charge in [0, 0.05) is 6.07 Å². The summed E-state index contributed by atoms with van der Waals surface area (Å²) in [5.74, 6) is -2.14. The Morgan fingerprint density at radius 3 is 2.73 bits per heavy atom. The molecule has 0 atom stereocenters. The normalized spacial score (nSPS) is 10.4. The van der Waals surface area contributed by atoms with Crippen molar-refractivity contribution >= 4 is 28.7 Å². The topological polar surface area (TPSA) is 47.3 Å². The molecule has 0 saturated heterocycles. The highest BCUT2D eigenvalue weighted by molar-refractivity contribution is 6.33. The Morgan fingerprint density at radius 1 is 1.36 bits per heavy atom. The molecule has 0 aliphatic carbocycles. The number of benzene rings is 2. The summed E-state index contributed by atoms with van der Waals surface area (Å²) >= 11 is 6.08. The molecule has 0 saturated carbocycles. The zero-order valence-electron chi connectivity index (χ0n) is 11.9. The predicted molar refractivity (Wildman–Crippen MR) is 85.9 cm³/mol. The van der Waals surface area contributed by atoms with Crippen LogP contribution in [0, 0.1) is 18.6 Å². The lowest BCUT2D eigenvalue weighted by molar-refractivity contribution is 0.361. The van der Waals surface area contributed by atoms with Crippen molar-refractivity contribution in [2.75, 3.05) is 17.7 Å². The van der Waals surface area contributed by atoms with Crippen LogP contribution < -0.4 is 15.8 Å². The van der Waals surface area contributed by atoms with Gasteiger partial charge in [-0.05, 0) is 24.6 Å². The fraction of sp³-hybridized carbons (Fsp3) is 0.125.